The first-order chi connectivity index (χ1) is 11.8. The number of benzene rings is 1. The van der Waals surface area contributed by atoms with Gasteiger partial charge < -0.3 is 9.47 Å². The number of rotatable bonds is 9. The SMILES string of the molecule is CCCCOc1ccc(OCC(=O)N/N=C\c2cccnc2)cc1. The van der Waals surface area contributed by atoms with Crippen molar-refractivity contribution in [1.29, 1.82) is 0 Å². The number of aromatic nitrogens is 1. The van der Waals surface area contributed by atoms with Crippen molar-refractivity contribution in [3.63, 3.8) is 0 Å². The number of nitrogens with one attached hydrogen (secondary N) is 1. The van der Waals surface area contributed by atoms with E-state index in [9.17, 15) is 4.79 Å². The number of ether oxygens (including phenoxy) is 2. The van der Waals surface area contributed by atoms with E-state index in [1.54, 1.807) is 30.6 Å². The molecule has 24 heavy (non-hydrogen) atoms. The van der Waals surface area contributed by atoms with Crippen LogP contribution in [0.25, 0.3) is 0 Å². The van der Waals surface area contributed by atoms with Crippen LogP contribution in [-0.2, 0) is 4.79 Å². The average molecular weight is 327 g/mol. The van der Waals surface area contributed by atoms with Crippen LogP contribution in [0.15, 0.2) is 53.9 Å². The fourth-order valence-electron chi connectivity index (χ4n) is 1.78. The highest BCUT2D eigenvalue weighted by atomic mass is 16.5. The van der Waals surface area contributed by atoms with E-state index in [0.29, 0.717) is 12.4 Å². The maximum Gasteiger partial charge on any atom is 0.277 e. The molecule has 2 rings (SSSR count). The van der Waals surface area contributed by atoms with Crippen LogP contribution in [0.4, 0.5) is 0 Å². The normalized spacial score (nSPS) is 10.5. The van der Waals surface area contributed by atoms with Gasteiger partial charge in [-0.15, -0.1) is 0 Å². The summed E-state index contributed by atoms with van der Waals surface area (Å²) in [5.41, 5.74) is 3.20. The first-order valence-electron chi connectivity index (χ1n) is 7.85. The van der Waals surface area contributed by atoms with E-state index in [1.807, 2.05) is 18.2 Å². The Morgan fingerprint density at radius 3 is 2.62 bits per heavy atom. The first-order valence-corrected chi connectivity index (χ1v) is 7.85. The summed E-state index contributed by atoms with van der Waals surface area (Å²) < 4.78 is 11.0. The lowest BCUT2D eigenvalue weighted by molar-refractivity contribution is -0.123. The molecule has 126 valence electrons. The van der Waals surface area contributed by atoms with E-state index >= 15 is 0 Å². The lowest BCUT2D eigenvalue weighted by atomic mass is 10.3. The summed E-state index contributed by atoms with van der Waals surface area (Å²) in [6.07, 6.45) is 6.96. The Hall–Kier alpha value is -2.89. The van der Waals surface area contributed by atoms with Gasteiger partial charge in [-0.25, -0.2) is 5.43 Å². The number of unbranched alkanes of at least 4 members (excludes halogenated alkanes) is 1. The number of hydrogen-bond donors (Lipinski definition) is 1. The van der Waals surface area contributed by atoms with Crippen molar-refractivity contribution in [3.05, 3.63) is 54.4 Å². The third-order valence-electron chi connectivity index (χ3n) is 3.05. The highest BCUT2D eigenvalue weighted by molar-refractivity contribution is 5.82. The highest BCUT2D eigenvalue weighted by Gasteiger charge is 2.02. The predicted molar refractivity (Wildman–Crippen MR) is 92.3 cm³/mol. The molecule has 0 saturated carbocycles. The first kappa shape index (κ1) is 17.5. The second-order valence-corrected chi connectivity index (χ2v) is 5.04. The predicted octanol–water partition coefficient (Wildman–Crippen LogP) is 2.79. The van der Waals surface area contributed by atoms with E-state index in [2.05, 4.69) is 22.4 Å². The van der Waals surface area contributed by atoms with Gasteiger partial charge >= 0.3 is 0 Å². The number of carbonyl (C=O) groups is 1. The van der Waals surface area contributed by atoms with Gasteiger partial charge in [-0.1, -0.05) is 19.4 Å². The Morgan fingerprint density at radius 2 is 1.96 bits per heavy atom. The molecule has 6 heteroatoms. The van der Waals surface area contributed by atoms with Crippen molar-refractivity contribution >= 4 is 12.1 Å². The van der Waals surface area contributed by atoms with Gasteiger partial charge in [-0.2, -0.15) is 5.10 Å². The topological polar surface area (TPSA) is 72.8 Å². The van der Waals surface area contributed by atoms with Gasteiger partial charge in [0.15, 0.2) is 6.61 Å². The van der Waals surface area contributed by atoms with E-state index in [1.165, 1.54) is 6.21 Å². The summed E-state index contributed by atoms with van der Waals surface area (Å²) in [6.45, 7) is 2.71. The van der Waals surface area contributed by atoms with Crippen molar-refractivity contribution in [2.45, 2.75) is 19.8 Å². The maximum absolute atomic E-state index is 11.7. The molecule has 0 aliphatic rings. The van der Waals surface area contributed by atoms with Crippen LogP contribution in [-0.4, -0.2) is 30.3 Å². The Kier molecular flexibility index (Phi) is 7.27. The molecule has 0 unspecified atom stereocenters. The van der Waals surface area contributed by atoms with Crippen LogP contribution in [0.5, 0.6) is 11.5 Å². The van der Waals surface area contributed by atoms with Crippen molar-refractivity contribution in [3.8, 4) is 11.5 Å². The molecule has 0 saturated heterocycles. The summed E-state index contributed by atoms with van der Waals surface area (Å²) in [6, 6.07) is 10.8. The van der Waals surface area contributed by atoms with E-state index in [0.717, 1.165) is 24.2 Å². The number of hydrazone groups is 1. The average Bonchev–Trinajstić information content (AvgIpc) is 2.62. The minimum absolute atomic E-state index is 0.111. The van der Waals surface area contributed by atoms with Gasteiger partial charge in [0.25, 0.3) is 5.91 Å². The molecule has 1 aromatic carbocycles. The third-order valence-corrected chi connectivity index (χ3v) is 3.05. The monoisotopic (exact) mass is 327 g/mol. The van der Waals surface area contributed by atoms with E-state index in [4.69, 9.17) is 9.47 Å². The van der Waals surface area contributed by atoms with Gasteiger partial charge in [-0.05, 0) is 36.8 Å². The highest BCUT2D eigenvalue weighted by Crippen LogP contribution is 2.17. The quantitative estimate of drug-likeness (QED) is 0.437. The van der Waals surface area contributed by atoms with Crippen LogP contribution in [0.3, 0.4) is 0 Å². The second-order valence-electron chi connectivity index (χ2n) is 5.04. The molecule has 1 aromatic heterocycles. The molecule has 0 fully saturated rings. The number of pyridine rings is 1. The molecular weight excluding hydrogens is 306 g/mol. The molecule has 0 radical (unpaired) electrons. The summed E-state index contributed by atoms with van der Waals surface area (Å²) >= 11 is 0. The third kappa shape index (κ3) is 6.48. The Bertz CT molecular complexity index is 642. The molecule has 2 aromatic rings. The molecule has 0 atom stereocenters. The molecule has 1 N–H and O–H groups in total. The Labute approximate surface area is 141 Å². The summed E-state index contributed by atoms with van der Waals surface area (Å²) in [7, 11) is 0. The fraction of sp³-hybridized carbons (Fsp3) is 0.278. The summed E-state index contributed by atoms with van der Waals surface area (Å²) in [5.74, 6) is 1.06. The Morgan fingerprint density at radius 1 is 1.21 bits per heavy atom. The Balaban J connectivity index is 1.70. The van der Waals surface area contributed by atoms with Crippen molar-refractivity contribution < 1.29 is 14.3 Å². The van der Waals surface area contributed by atoms with Crippen LogP contribution in [0.2, 0.25) is 0 Å². The number of hydrogen-bond acceptors (Lipinski definition) is 5. The molecule has 1 heterocycles. The zero-order valence-corrected chi connectivity index (χ0v) is 13.6. The smallest absolute Gasteiger partial charge is 0.277 e. The van der Waals surface area contributed by atoms with Gasteiger partial charge in [-0.3, -0.25) is 9.78 Å². The second kappa shape index (κ2) is 9.99. The van der Waals surface area contributed by atoms with Gasteiger partial charge in [0.05, 0.1) is 12.8 Å². The molecule has 0 spiro atoms. The van der Waals surface area contributed by atoms with Crippen LogP contribution < -0.4 is 14.9 Å². The largest absolute Gasteiger partial charge is 0.494 e. The van der Waals surface area contributed by atoms with Crippen LogP contribution in [0, 0.1) is 0 Å². The summed E-state index contributed by atoms with van der Waals surface area (Å²) in [5, 5.41) is 3.85. The molecule has 0 aliphatic heterocycles. The molecular formula is C18H21N3O3. The fourth-order valence-corrected chi connectivity index (χ4v) is 1.78. The number of amides is 1. The van der Waals surface area contributed by atoms with Crippen LogP contribution >= 0.6 is 0 Å². The minimum Gasteiger partial charge on any atom is -0.494 e. The lowest BCUT2D eigenvalue weighted by Crippen LogP contribution is -2.24. The van der Waals surface area contributed by atoms with Crippen LogP contribution in [0.1, 0.15) is 25.3 Å². The van der Waals surface area contributed by atoms with Crippen molar-refractivity contribution in [1.82, 2.24) is 10.4 Å². The maximum atomic E-state index is 11.7. The molecule has 0 aliphatic carbocycles. The van der Waals surface area contributed by atoms with E-state index < -0.39 is 0 Å². The lowest BCUT2D eigenvalue weighted by Gasteiger charge is -2.07. The van der Waals surface area contributed by atoms with Crippen molar-refractivity contribution in [2.75, 3.05) is 13.2 Å². The minimum atomic E-state index is -0.335. The number of carbonyl (C=O) groups excluding carboxylic acids is 1. The summed E-state index contributed by atoms with van der Waals surface area (Å²) in [4.78, 5) is 15.6. The number of nitrogens with zero attached hydrogens (tertiary/aromatic N) is 2. The zero-order valence-electron chi connectivity index (χ0n) is 13.6. The van der Waals surface area contributed by atoms with Gasteiger partial charge in [0.2, 0.25) is 0 Å². The zero-order chi connectivity index (χ0) is 17.0. The molecule has 6 nitrogen and oxygen atoms in total. The van der Waals surface area contributed by atoms with E-state index in [-0.39, 0.29) is 12.5 Å². The molecule has 0 bridgehead atoms. The van der Waals surface area contributed by atoms with Crippen molar-refractivity contribution in [2.24, 2.45) is 5.10 Å². The molecule has 1 amide bonds. The van der Waals surface area contributed by atoms with Gasteiger partial charge in [0, 0.05) is 18.0 Å². The standard InChI is InChI=1S/C18H21N3O3/c1-2-3-11-23-16-6-8-17(9-7-16)24-14-18(22)21-20-13-15-5-4-10-19-12-15/h4-10,12-13H,2-3,11,14H2,1H3,(H,21,22)/b20-13-. The van der Waals surface area contributed by atoms with Gasteiger partial charge in [0.1, 0.15) is 11.5 Å².